The molecular formula is C19H24N2O3S. The molecule has 0 aromatic heterocycles. The quantitative estimate of drug-likeness (QED) is 0.784. The molecular weight excluding hydrogens is 336 g/mol. The minimum absolute atomic E-state index is 0.0386. The molecule has 0 aliphatic carbocycles. The van der Waals surface area contributed by atoms with Crippen LogP contribution < -0.4 is 5.73 Å². The lowest BCUT2D eigenvalue weighted by Crippen LogP contribution is -2.32. The molecule has 0 spiro atoms. The number of hydrogen-bond donors (Lipinski definition) is 1. The Kier molecular flexibility index (Phi) is 6.73. The van der Waals surface area contributed by atoms with Gasteiger partial charge in [0.05, 0.1) is 10.6 Å². The zero-order valence-corrected chi connectivity index (χ0v) is 15.2. The van der Waals surface area contributed by atoms with Crippen molar-refractivity contribution < 1.29 is 13.2 Å². The van der Waals surface area contributed by atoms with Crippen LogP contribution in [0.5, 0.6) is 0 Å². The summed E-state index contributed by atoms with van der Waals surface area (Å²) in [5.41, 5.74) is 7.10. The van der Waals surface area contributed by atoms with Crippen LogP contribution in [0.15, 0.2) is 59.5 Å². The summed E-state index contributed by atoms with van der Waals surface area (Å²) in [7, 11) is -3.27. The Morgan fingerprint density at radius 2 is 1.68 bits per heavy atom. The topological polar surface area (TPSA) is 80.5 Å². The van der Waals surface area contributed by atoms with Crippen LogP contribution in [-0.2, 0) is 16.4 Å². The van der Waals surface area contributed by atoms with Gasteiger partial charge in [-0.05, 0) is 42.8 Å². The number of nitrogens with two attached hydrogens (primary N) is 1. The lowest BCUT2D eigenvalue weighted by Gasteiger charge is -2.23. The highest BCUT2D eigenvalue weighted by molar-refractivity contribution is 7.91. The second kappa shape index (κ2) is 8.78. The molecule has 134 valence electrons. The van der Waals surface area contributed by atoms with E-state index >= 15 is 0 Å². The van der Waals surface area contributed by atoms with Crippen molar-refractivity contribution in [1.29, 1.82) is 0 Å². The second-order valence-electron chi connectivity index (χ2n) is 5.78. The van der Waals surface area contributed by atoms with E-state index in [9.17, 15) is 13.2 Å². The molecule has 2 rings (SSSR count). The number of rotatable bonds is 8. The van der Waals surface area contributed by atoms with Crippen LogP contribution >= 0.6 is 0 Å². The summed E-state index contributed by atoms with van der Waals surface area (Å²) in [6.07, 6.45) is 0.709. The van der Waals surface area contributed by atoms with E-state index in [1.165, 1.54) is 12.1 Å². The van der Waals surface area contributed by atoms with Gasteiger partial charge in [-0.1, -0.05) is 37.3 Å². The summed E-state index contributed by atoms with van der Waals surface area (Å²) in [4.78, 5) is 14.8. The molecule has 1 amide bonds. The number of benzene rings is 2. The highest BCUT2D eigenvalue weighted by Crippen LogP contribution is 2.15. The molecule has 0 aliphatic rings. The molecule has 25 heavy (non-hydrogen) atoms. The predicted octanol–water partition coefficient (Wildman–Crippen LogP) is 2.47. The van der Waals surface area contributed by atoms with Crippen LogP contribution in [0.2, 0.25) is 0 Å². The fourth-order valence-corrected chi connectivity index (χ4v) is 3.38. The van der Waals surface area contributed by atoms with Crippen LogP contribution in [0.1, 0.15) is 29.3 Å². The van der Waals surface area contributed by atoms with E-state index < -0.39 is 9.84 Å². The van der Waals surface area contributed by atoms with E-state index in [2.05, 4.69) is 0 Å². The average Bonchev–Trinajstić information content (AvgIpc) is 2.65. The minimum atomic E-state index is -3.27. The van der Waals surface area contributed by atoms with Crippen molar-refractivity contribution in [2.24, 2.45) is 5.73 Å². The normalized spacial score (nSPS) is 11.3. The smallest absolute Gasteiger partial charge is 0.254 e. The number of carbonyl (C=O) groups is 1. The third-order valence-electron chi connectivity index (χ3n) is 3.98. The Morgan fingerprint density at radius 3 is 2.24 bits per heavy atom. The van der Waals surface area contributed by atoms with Gasteiger partial charge in [0.1, 0.15) is 0 Å². The first-order valence-corrected chi connectivity index (χ1v) is 9.99. The van der Waals surface area contributed by atoms with Gasteiger partial charge in [0.25, 0.3) is 5.91 Å². The predicted molar refractivity (Wildman–Crippen MR) is 99.0 cm³/mol. The van der Waals surface area contributed by atoms with Crippen molar-refractivity contribution in [3.8, 4) is 0 Å². The van der Waals surface area contributed by atoms with Gasteiger partial charge in [-0.25, -0.2) is 8.42 Å². The minimum Gasteiger partial charge on any atom is -0.334 e. The standard InChI is InChI=1S/C19H24N2O3S/c1-2-25(23,24)18-11-9-17(10-12-18)19(22)21(14-6-13-20)15-16-7-4-3-5-8-16/h3-5,7-12H,2,6,13-15,20H2,1H3. The van der Waals surface area contributed by atoms with Gasteiger partial charge in [0.2, 0.25) is 0 Å². The zero-order valence-electron chi connectivity index (χ0n) is 14.4. The van der Waals surface area contributed by atoms with Gasteiger partial charge in [-0.3, -0.25) is 4.79 Å². The fourth-order valence-electron chi connectivity index (χ4n) is 2.49. The molecule has 0 saturated heterocycles. The van der Waals surface area contributed by atoms with E-state index in [1.807, 2.05) is 30.3 Å². The molecule has 2 aromatic carbocycles. The molecule has 0 heterocycles. The van der Waals surface area contributed by atoms with E-state index in [4.69, 9.17) is 5.73 Å². The maximum absolute atomic E-state index is 12.8. The summed E-state index contributed by atoms with van der Waals surface area (Å²) in [6.45, 7) is 3.16. The summed E-state index contributed by atoms with van der Waals surface area (Å²) < 4.78 is 23.8. The van der Waals surface area contributed by atoms with Crippen LogP contribution in [0.3, 0.4) is 0 Å². The molecule has 0 atom stereocenters. The van der Waals surface area contributed by atoms with E-state index in [0.717, 1.165) is 5.56 Å². The number of hydrogen-bond acceptors (Lipinski definition) is 4. The molecule has 0 fully saturated rings. The molecule has 0 aliphatic heterocycles. The van der Waals surface area contributed by atoms with Crippen LogP contribution in [0.4, 0.5) is 0 Å². The maximum Gasteiger partial charge on any atom is 0.254 e. The average molecular weight is 360 g/mol. The Labute approximate surface area is 149 Å². The molecule has 2 N–H and O–H groups in total. The van der Waals surface area contributed by atoms with E-state index in [1.54, 1.807) is 24.0 Å². The lowest BCUT2D eigenvalue weighted by molar-refractivity contribution is 0.0742. The zero-order chi connectivity index (χ0) is 18.3. The van der Waals surface area contributed by atoms with Crippen LogP contribution in [-0.4, -0.2) is 38.1 Å². The Balaban J connectivity index is 2.20. The highest BCUT2D eigenvalue weighted by Gasteiger charge is 2.17. The number of sulfone groups is 1. The van der Waals surface area contributed by atoms with Gasteiger partial charge >= 0.3 is 0 Å². The summed E-state index contributed by atoms with van der Waals surface area (Å²) in [6, 6.07) is 15.9. The van der Waals surface area contributed by atoms with Crippen molar-refractivity contribution in [3.05, 3.63) is 65.7 Å². The van der Waals surface area contributed by atoms with Crippen LogP contribution in [0, 0.1) is 0 Å². The first-order chi connectivity index (χ1) is 12.0. The number of amides is 1. The second-order valence-corrected chi connectivity index (χ2v) is 8.06. The van der Waals surface area contributed by atoms with Gasteiger partial charge in [-0.15, -0.1) is 0 Å². The molecule has 2 aromatic rings. The van der Waals surface area contributed by atoms with Gasteiger partial charge in [0, 0.05) is 18.7 Å². The third-order valence-corrected chi connectivity index (χ3v) is 5.73. The molecule has 0 saturated carbocycles. The first kappa shape index (κ1) is 19.1. The molecule has 0 radical (unpaired) electrons. The highest BCUT2D eigenvalue weighted by atomic mass is 32.2. The largest absolute Gasteiger partial charge is 0.334 e. The van der Waals surface area contributed by atoms with Gasteiger partial charge in [0.15, 0.2) is 9.84 Å². The molecule has 5 nitrogen and oxygen atoms in total. The molecule has 6 heteroatoms. The molecule has 0 bridgehead atoms. The summed E-state index contributed by atoms with van der Waals surface area (Å²) in [5, 5.41) is 0. The summed E-state index contributed by atoms with van der Waals surface area (Å²) >= 11 is 0. The van der Waals surface area contributed by atoms with Crippen molar-refractivity contribution in [2.45, 2.75) is 24.8 Å². The SMILES string of the molecule is CCS(=O)(=O)c1ccc(C(=O)N(CCCN)Cc2ccccc2)cc1. The monoisotopic (exact) mass is 360 g/mol. The first-order valence-electron chi connectivity index (χ1n) is 8.34. The Morgan fingerprint density at radius 1 is 1.04 bits per heavy atom. The van der Waals surface area contributed by atoms with Crippen molar-refractivity contribution >= 4 is 15.7 Å². The molecule has 0 unspecified atom stereocenters. The lowest BCUT2D eigenvalue weighted by atomic mass is 10.1. The third kappa shape index (κ3) is 5.14. The van der Waals surface area contributed by atoms with E-state index in [-0.39, 0.29) is 16.6 Å². The maximum atomic E-state index is 12.8. The van der Waals surface area contributed by atoms with Gasteiger partial charge < -0.3 is 10.6 Å². The van der Waals surface area contributed by atoms with Gasteiger partial charge in [-0.2, -0.15) is 0 Å². The Bertz CT molecular complexity index is 787. The van der Waals surface area contributed by atoms with Crippen molar-refractivity contribution in [2.75, 3.05) is 18.8 Å². The van der Waals surface area contributed by atoms with E-state index in [0.29, 0.717) is 31.6 Å². The number of carbonyl (C=O) groups excluding carboxylic acids is 1. The van der Waals surface area contributed by atoms with Crippen LogP contribution in [0.25, 0.3) is 0 Å². The van der Waals surface area contributed by atoms with Crippen molar-refractivity contribution in [1.82, 2.24) is 4.90 Å². The number of nitrogens with zero attached hydrogens (tertiary/aromatic N) is 1. The van der Waals surface area contributed by atoms with Crippen molar-refractivity contribution in [3.63, 3.8) is 0 Å². The summed E-state index contributed by atoms with van der Waals surface area (Å²) in [5.74, 6) is -0.0885. The fraction of sp³-hybridized carbons (Fsp3) is 0.316. The Hall–Kier alpha value is -2.18.